The number of carbonyl (C=O) groups excluding carboxylic acids is 1. The van der Waals surface area contributed by atoms with E-state index in [2.05, 4.69) is 25.1 Å². The fourth-order valence-corrected chi connectivity index (χ4v) is 3.18. The Kier molecular flexibility index (Phi) is 3.52. The van der Waals surface area contributed by atoms with Gasteiger partial charge in [0.25, 0.3) is 5.91 Å². The van der Waals surface area contributed by atoms with Crippen LogP contribution in [-0.2, 0) is 19.4 Å². The number of hydrogen-bond acceptors (Lipinski definition) is 5. The molecule has 0 radical (unpaired) electrons. The topological polar surface area (TPSA) is 72.7 Å². The summed E-state index contributed by atoms with van der Waals surface area (Å²) in [5.41, 5.74) is 0. The smallest absolute Gasteiger partial charge is 0.263 e. The summed E-state index contributed by atoms with van der Waals surface area (Å²) in [7, 11) is 0. The van der Waals surface area contributed by atoms with Gasteiger partial charge in [0.15, 0.2) is 0 Å². The first-order valence-electron chi connectivity index (χ1n) is 6.81. The van der Waals surface area contributed by atoms with Gasteiger partial charge in [0.1, 0.15) is 16.5 Å². The molecule has 1 aliphatic heterocycles. The summed E-state index contributed by atoms with van der Waals surface area (Å²) in [5.74, 6) is 1.89. The molecule has 6 nitrogen and oxygen atoms in total. The Hall–Kier alpha value is -1.76. The summed E-state index contributed by atoms with van der Waals surface area (Å²) in [5, 5.41) is 12.3. The van der Waals surface area contributed by atoms with Gasteiger partial charge in [-0.3, -0.25) is 4.79 Å². The van der Waals surface area contributed by atoms with E-state index in [0.29, 0.717) is 4.88 Å². The van der Waals surface area contributed by atoms with Crippen LogP contribution in [0.4, 0.5) is 0 Å². The minimum absolute atomic E-state index is 0.0265. The first-order valence-corrected chi connectivity index (χ1v) is 7.63. The Morgan fingerprint density at radius 1 is 1.55 bits per heavy atom. The maximum atomic E-state index is 12.2. The summed E-state index contributed by atoms with van der Waals surface area (Å²) >= 11 is 1.47. The molecule has 0 aromatic carbocycles. The van der Waals surface area contributed by atoms with Crippen LogP contribution in [0.2, 0.25) is 0 Å². The number of thiazole rings is 1. The number of fused-ring (bicyclic) bond motifs is 1. The average Bonchev–Trinajstić information content (AvgIpc) is 3.06. The predicted molar refractivity (Wildman–Crippen MR) is 75.8 cm³/mol. The van der Waals surface area contributed by atoms with E-state index in [-0.39, 0.29) is 11.9 Å². The molecule has 3 rings (SSSR count). The molecule has 0 saturated heterocycles. The van der Waals surface area contributed by atoms with Crippen molar-refractivity contribution in [3.05, 3.63) is 27.7 Å². The number of nitrogens with one attached hydrogen (secondary N) is 1. The molecule has 0 spiro atoms. The highest BCUT2D eigenvalue weighted by molar-refractivity contribution is 7.13. The number of carbonyl (C=O) groups is 1. The molecular formula is C13H17N5OS. The van der Waals surface area contributed by atoms with Crippen LogP contribution in [0.3, 0.4) is 0 Å². The Balaban J connectivity index is 1.67. The van der Waals surface area contributed by atoms with E-state index in [4.69, 9.17) is 0 Å². The lowest BCUT2D eigenvalue weighted by Crippen LogP contribution is -2.41. The second-order valence-corrected chi connectivity index (χ2v) is 6.07. The first kappa shape index (κ1) is 13.2. The standard InChI is InChI=1S/C13H17N5OS/c1-3-12-14-6-10(20-12)13(19)15-9-4-5-11-17-16-8(2)18(11)7-9/h6,9H,3-5,7H2,1-2H3,(H,15,19). The zero-order valence-corrected chi connectivity index (χ0v) is 12.4. The largest absolute Gasteiger partial charge is 0.347 e. The second-order valence-electron chi connectivity index (χ2n) is 4.95. The van der Waals surface area contributed by atoms with Gasteiger partial charge in [-0.05, 0) is 19.8 Å². The van der Waals surface area contributed by atoms with Crippen molar-refractivity contribution in [2.45, 2.75) is 45.7 Å². The molecule has 0 saturated carbocycles. The monoisotopic (exact) mass is 291 g/mol. The maximum absolute atomic E-state index is 12.2. The van der Waals surface area contributed by atoms with Crippen molar-refractivity contribution in [1.29, 1.82) is 0 Å². The van der Waals surface area contributed by atoms with Crippen LogP contribution in [0.15, 0.2) is 6.20 Å². The second kappa shape index (κ2) is 5.32. The Morgan fingerprint density at radius 2 is 2.40 bits per heavy atom. The molecule has 0 bridgehead atoms. The number of rotatable bonds is 3. The molecule has 2 aromatic heterocycles. The van der Waals surface area contributed by atoms with Crippen LogP contribution in [-0.4, -0.2) is 31.7 Å². The lowest BCUT2D eigenvalue weighted by molar-refractivity contribution is 0.0931. The van der Waals surface area contributed by atoms with Gasteiger partial charge in [0.2, 0.25) is 0 Å². The molecule has 1 atom stereocenters. The summed E-state index contributed by atoms with van der Waals surface area (Å²) in [4.78, 5) is 17.1. The van der Waals surface area contributed by atoms with Crippen molar-refractivity contribution in [3.63, 3.8) is 0 Å². The third-order valence-electron chi connectivity index (χ3n) is 3.55. The van der Waals surface area contributed by atoms with Gasteiger partial charge in [0, 0.05) is 19.0 Å². The van der Waals surface area contributed by atoms with Crippen molar-refractivity contribution in [2.24, 2.45) is 0 Å². The molecule has 0 aliphatic carbocycles. The molecule has 106 valence electrons. The summed E-state index contributed by atoms with van der Waals surface area (Å²) in [6, 6.07) is 0.136. The molecular weight excluding hydrogens is 274 g/mol. The zero-order valence-electron chi connectivity index (χ0n) is 11.6. The Morgan fingerprint density at radius 3 is 3.15 bits per heavy atom. The summed E-state index contributed by atoms with van der Waals surface area (Å²) in [6.07, 6.45) is 4.29. The fourth-order valence-electron chi connectivity index (χ4n) is 2.42. The van der Waals surface area contributed by atoms with Crippen molar-refractivity contribution in [2.75, 3.05) is 0 Å². The minimum Gasteiger partial charge on any atom is -0.347 e. The van der Waals surface area contributed by atoms with E-state index in [0.717, 1.165) is 42.5 Å². The third kappa shape index (κ3) is 2.45. The number of amides is 1. The molecule has 1 N–H and O–H groups in total. The molecule has 1 aliphatic rings. The number of nitrogens with zero attached hydrogens (tertiary/aromatic N) is 4. The molecule has 0 fully saturated rings. The van der Waals surface area contributed by atoms with Crippen LogP contribution < -0.4 is 5.32 Å². The average molecular weight is 291 g/mol. The lowest BCUT2D eigenvalue weighted by Gasteiger charge is -2.24. The van der Waals surface area contributed by atoms with Crippen LogP contribution in [0.25, 0.3) is 0 Å². The molecule has 2 aromatic rings. The zero-order chi connectivity index (χ0) is 14.1. The van der Waals surface area contributed by atoms with Crippen molar-refractivity contribution in [3.8, 4) is 0 Å². The highest BCUT2D eigenvalue weighted by Crippen LogP contribution is 2.17. The Bertz CT molecular complexity index is 632. The van der Waals surface area contributed by atoms with Crippen LogP contribution in [0.1, 0.15) is 39.7 Å². The van der Waals surface area contributed by atoms with Gasteiger partial charge in [-0.1, -0.05) is 6.92 Å². The van der Waals surface area contributed by atoms with Crippen LogP contribution in [0.5, 0.6) is 0 Å². The molecule has 7 heteroatoms. The van der Waals surface area contributed by atoms with Gasteiger partial charge in [0.05, 0.1) is 11.2 Å². The van der Waals surface area contributed by atoms with Crippen molar-refractivity contribution in [1.82, 2.24) is 25.1 Å². The summed E-state index contributed by atoms with van der Waals surface area (Å²) < 4.78 is 2.08. The van der Waals surface area contributed by atoms with Crippen LogP contribution in [0, 0.1) is 6.92 Å². The van der Waals surface area contributed by atoms with Gasteiger partial charge >= 0.3 is 0 Å². The Labute approximate surface area is 121 Å². The minimum atomic E-state index is -0.0265. The SMILES string of the molecule is CCc1ncc(C(=O)NC2CCc3nnc(C)n3C2)s1. The van der Waals surface area contributed by atoms with Gasteiger partial charge in [-0.15, -0.1) is 21.5 Å². The summed E-state index contributed by atoms with van der Waals surface area (Å²) in [6.45, 7) is 4.73. The maximum Gasteiger partial charge on any atom is 0.263 e. The van der Waals surface area contributed by atoms with E-state index in [1.807, 2.05) is 13.8 Å². The van der Waals surface area contributed by atoms with E-state index in [9.17, 15) is 4.79 Å². The molecule has 20 heavy (non-hydrogen) atoms. The van der Waals surface area contributed by atoms with Gasteiger partial charge in [-0.25, -0.2) is 4.98 Å². The first-order chi connectivity index (χ1) is 9.67. The van der Waals surface area contributed by atoms with Gasteiger partial charge < -0.3 is 9.88 Å². The normalized spacial score (nSPS) is 17.8. The van der Waals surface area contributed by atoms with E-state index in [1.54, 1.807) is 6.20 Å². The van der Waals surface area contributed by atoms with E-state index >= 15 is 0 Å². The molecule has 1 amide bonds. The quantitative estimate of drug-likeness (QED) is 0.926. The number of aromatic nitrogens is 4. The highest BCUT2D eigenvalue weighted by Gasteiger charge is 2.23. The number of hydrogen-bond donors (Lipinski definition) is 1. The van der Waals surface area contributed by atoms with Gasteiger partial charge in [-0.2, -0.15) is 0 Å². The molecule has 1 unspecified atom stereocenters. The third-order valence-corrected chi connectivity index (χ3v) is 4.69. The molecule has 3 heterocycles. The number of aryl methyl sites for hydroxylation is 3. The van der Waals surface area contributed by atoms with Crippen molar-refractivity contribution < 1.29 is 4.79 Å². The predicted octanol–water partition coefficient (Wildman–Crippen LogP) is 1.35. The lowest BCUT2D eigenvalue weighted by atomic mass is 10.1. The van der Waals surface area contributed by atoms with E-state index < -0.39 is 0 Å². The van der Waals surface area contributed by atoms with E-state index in [1.165, 1.54) is 11.3 Å². The fraction of sp³-hybridized carbons (Fsp3) is 0.538. The highest BCUT2D eigenvalue weighted by atomic mass is 32.1. The van der Waals surface area contributed by atoms with Crippen LogP contribution >= 0.6 is 11.3 Å². The van der Waals surface area contributed by atoms with Crippen molar-refractivity contribution >= 4 is 17.2 Å².